The number of likely N-dealkylation sites (tertiary alicyclic amines) is 1. The molecular formula is C12H22N4. The highest BCUT2D eigenvalue weighted by molar-refractivity contribution is 4.92. The monoisotopic (exact) mass is 222 g/mol. The molecular weight excluding hydrogens is 200 g/mol. The summed E-state index contributed by atoms with van der Waals surface area (Å²) in [5, 5.41) is 3.46. The molecule has 1 saturated heterocycles. The molecule has 0 radical (unpaired) electrons. The minimum absolute atomic E-state index is 0.909. The number of piperidine rings is 1. The summed E-state index contributed by atoms with van der Waals surface area (Å²) in [5.74, 6) is 0.922. The summed E-state index contributed by atoms with van der Waals surface area (Å²) < 4.78 is 0. The van der Waals surface area contributed by atoms with Crippen LogP contribution in [-0.4, -0.2) is 41.5 Å². The van der Waals surface area contributed by atoms with Crippen molar-refractivity contribution in [2.75, 3.05) is 26.7 Å². The first kappa shape index (κ1) is 11.6. The summed E-state index contributed by atoms with van der Waals surface area (Å²) in [4.78, 5) is 9.52. The molecule has 16 heavy (non-hydrogen) atoms. The van der Waals surface area contributed by atoms with Crippen LogP contribution < -0.4 is 5.32 Å². The molecule has 0 atom stereocenters. The molecule has 1 aromatic rings. The minimum atomic E-state index is 0.909. The number of H-pyrrole nitrogens is 1. The molecule has 0 aromatic carbocycles. The third-order valence-corrected chi connectivity index (χ3v) is 3.44. The lowest BCUT2D eigenvalue weighted by atomic mass is 9.94. The molecule has 0 amide bonds. The van der Waals surface area contributed by atoms with Gasteiger partial charge < -0.3 is 15.2 Å². The molecule has 0 saturated carbocycles. The lowest BCUT2D eigenvalue weighted by molar-refractivity contribution is 0.211. The summed E-state index contributed by atoms with van der Waals surface area (Å²) >= 11 is 0. The number of hydrogen-bond acceptors (Lipinski definition) is 3. The Labute approximate surface area is 97.4 Å². The van der Waals surface area contributed by atoms with Crippen LogP contribution in [0.25, 0.3) is 0 Å². The van der Waals surface area contributed by atoms with Crippen LogP contribution >= 0.6 is 0 Å². The van der Waals surface area contributed by atoms with Crippen molar-refractivity contribution in [3.63, 3.8) is 0 Å². The Balaban J connectivity index is 1.55. The number of hydrogen-bond donors (Lipinski definition) is 2. The summed E-state index contributed by atoms with van der Waals surface area (Å²) in [6.07, 6.45) is 7.64. The van der Waals surface area contributed by atoms with Crippen molar-refractivity contribution in [3.8, 4) is 0 Å². The zero-order valence-electron chi connectivity index (χ0n) is 10.1. The van der Waals surface area contributed by atoms with Gasteiger partial charge in [-0.15, -0.1) is 0 Å². The van der Waals surface area contributed by atoms with E-state index in [1.807, 2.05) is 6.20 Å². The lowest BCUT2D eigenvalue weighted by Gasteiger charge is -2.28. The van der Waals surface area contributed by atoms with E-state index in [1.54, 1.807) is 6.33 Å². The molecule has 1 aromatic heterocycles. The zero-order valence-corrected chi connectivity index (χ0v) is 10.1. The standard InChI is InChI=1S/C12H22N4/c1-16-6-3-11(4-7-16)2-5-13-8-12-9-14-10-15-12/h9-11,13H,2-8H2,1H3,(H,14,15). The number of nitrogens with zero attached hydrogens (tertiary/aromatic N) is 2. The van der Waals surface area contributed by atoms with Crippen LogP contribution in [0.3, 0.4) is 0 Å². The van der Waals surface area contributed by atoms with Gasteiger partial charge in [-0.3, -0.25) is 0 Å². The van der Waals surface area contributed by atoms with Crippen LogP contribution in [0.15, 0.2) is 12.5 Å². The Bertz CT molecular complexity index is 275. The maximum Gasteiger partial charge on any atom is 0.0922 e. The fourth-order valence-electron chi connectivity index (χ4n) is 2.26. The molecule has 90 valence electrons. The summed E-state index contributed by atoms with van der Waals surface area (Å²) in [7, 11) is 2.21. The second kappa shape index (κ2) is 6.01. The van der Waals surface area contributed by atoms with E-state index < -0.39 is 0 Å². The molecule has 0 aliphatic carbocycles. The second-order valence-corrected chi connectivity index (χ2v) is 4.79. The average Bonchev–Trinajstić information content (AvgIpc) is 2.80. The van der Waals surface area contributed by atoms with Crippen LogP contribution in [0.2, 0.25) is 0 Å². The zero-order chi connectivity index (χ0) is 11.2. The first-order valence-corrected chi connectivity index (χ1v) is 6.21. The van der Waals surface area contributed by atoms with E-state index in [0.717, 1.165) is 19.0 Å². The van der Waals surface area contributed by atoms with E-state index in [1.165, 1.54) is 38.0 Å². The Hall–Kier alpha value is -0.870. The van der Waals surface area contributed by atoms with Gasteiger partial charge in [0.2, 0.25) is 0 Å². The molecule has 2 N–H and O–H groups in total. The first-order chi connectivity index (χ1) is 7.84. The number of nitrogens with one attached hydrogen (secondary N) is 2. The predicted molar refractivity (Wildman–Crippen MR) is 65.1 cm³/mol. The van der Waals surface area contributed by atoms with Crippen molar-refractivity contribution >= 4 is 0 Å². The van der Waals surface area contributed by atoms with E-state index in [4.69, 9.17) is 0 Å². The molecule has 2 rings (SSSR count). The van der Waals surface area contributed by atoms with Crippen molar-refractivity contribution in [1.29, 1.82) is 0 Å². The Kier molecular flexibility index (Phi) is 4.36. The Morgan fingerprint density at radius 2 is 2.31 bits per heavy atom. The molecule has 0 bridgehead atoms. The smallest absolute Gasteiger partial charge is 0.0922 e. The van der Waals surface area contributed by atoms with Gasteiger partial charge in [0.05, 0.1) is 6.33 Å². The van der Waals surface area contributed by atoms with Gasteiger partial charge in [-0.25, -0.2) is 4.98 Å². The van der Waals surface area contributed by atoms with Gasteiger partial charge in [0.1, 0.15) is 0 Å². The summed E-state index contributed by atoms with van der Waals surface area (Å²) in [6.45, 7) is 4.57. The molecule has 0 unspecified atom stereocenters. The molecule has 4 heteroatoms. The molecule has 1 aliphatic rings. The van der Waals surface area contributed by atoms with Gasteiger partial charge in [0.25, 0.3) is 0 Å². The van der Waals surface area contributed by atoms with Crippen molar-refractivity contribution in [2.45, 2.75) is 25.8 Å². The number of imidazole rings is 1. The van der Waals surface area contributed by atoms with E-state index in [0.29, 0.717) is 0 Å². The number of aromatic amines is 1. The van der Waals surface area contributed by atoms with Gasteiger partial charge in [-0.05, 0) is 51.9 Å². The van der Waals surface area contributed by atoms with E-state index in [9.17, 15) is 0 Å². The maximum absolute atomic E-state index is 4.00. The van der Waals surface area contributed by atoms with E-state index in [-0.39, 0.29) is 0 Å². The SMILES string of the molecule is CN1CCC(CCNCc2cnc[nH]2)CC1. The first-order valence-electron chi connectivity index (χ1n) is 6.21. The van der Waals surface area contributed by atoms with E-state index >= 15 is 0 Å². The normalized spacial score (nSPS) is 19.1. The molecule has 1 fully saturated rings. The predicted octanol–water partition coefficient (Wildman–Crippen LogP) is 1.23. The van der Waals surface area contributed by atoms with Crippen molar-refractivity contribution in [1.82, 2.24) is 20.2 Å². The maximum atomic E-state index is 4.00. The van der Waals surface area contributed by atoms with Crippen LogP contribution in [0.5, 0.6) is 0 Å². The Morgan fingerprint density at radius 3 is 3.00 bits per heavy atom. The topological polar surface area (TPSA) is 44.0 Å². The average molecular weight is 222 g/mol. The van der Waals surface area contributed by atoms with Crippen LogP contribution in [-0.2, 0) is 6.54 Å². The van der Waals surface area contributed by atoms with Crippen LogP contribution in [0, 0.1) is 5.92 Å². The largest absolute Gasteiger partial charge is 0.347 e. The van der Waals surface area contributed by atoms with Gasteiger partial charge in [-0.1, -0.05) is 0 Å². The molecule has 2 heterocycles. The third-order valence-electron chi connectivity index (χ3n) is 3.44. The summed E-state index contributed by atoms with van der Waals surface area (Å²) in [6, 6.07) is 0. The fraction of sp³-hybridized carbons (Fsp3) is 0.750. The third kappa shape index (κ3) is 3.61. The quantitative estimate of drug-likeness (QED) is 0.737. The van der Waals surface area contributed by atoms with Gasteiger partial charge in [0.15, 0.2) is 0 Å². The lowest BCUT2D eigenvalue weighted by Crippen LogP contribution is -2.31. The highest BCUT2D eigenvalue weighted by atomic mass is 15.1. The van der Waals surface area contributed by atoms with Crippen molar-refractivity contribution in [3.05, 3.63) is 18.2 Å². The van der Waals surface area contributed by atoms with E-state index in [2.05, 4.69) is 27.2 Å². The van der Waals surface area contributed by atoms with Crippen LogP contribution in [0.4, 0.5) is 0 Å². The van der Waals surface area contributed by atoms with Gasteiger partial charge in [0, 0.05) is 18.4 Å². The number of aromatic nitrogens is 2. The minimum Gasteiger partial charge on any atom is -0.347 e. The highest BCUT2D eigenvalue weighted by Gasteiger charge is 2.15. The summed E-state index contributed by atoms with van der Waals surface area (Å²) in [5.41, 5.74) is 1.17. The van der Waals surface area contributed by atoms with Crippen molar-refractivity contribution < 1.29 is 0 Å². The molecule has 1 aliphatic heterocycles. The molecule has 0 spiro atoms. The van der Waals surface area contributed by atoms with Crippen LogP contribution in [0.1, 0.15) is 25.0 Å². The second-order valence-electron chi connectivity index (χ2n) is 4.79. The van der Waals surface area contributed by atoms with Gasteiger partial charge in [-0.2, -0.15) is 0 Å². The molecule has 4 nitrogen and oxygen atoms in total. The Morgan fingerprint density at radius 1 is 1.50 bits per heavy atom. The van der Waals surface area contributed by atoms with Gasteiger partial charge >= 0.3 is 0 Å². The number of rotatable bonds is 5. The fourth-order valence-corrected chi connectivity index (χ4v) is 2.26. The highest BCUT2D eigenvalue weighted by Crippen LogP contribution is 2.18. The van der Waals surface area contributed by atoms with Crippen molar-refractivity contribution in [2.24, 2.45) is 5.92 Å².